The molecule has 0 spiro atoms. The Kier molecular flexibility index (Phi) is 5.34. The van der Waals surface area contributed by atoms with Gasteiger partial charge in [-0.3, -0.25) is 4.79 Å². The monoisotopic (exact) mass is 170 g/mol. The number of aliphatic carboxylic acids is 1. The summed E-state index contributed by atoms with van der Waals surface area (Å²) in [6.45, 7) is 3.19. The average molecular weight is 170 g/mol. The molecule has 0 aromatic carbocycles. The van der Waals surface area contributed by atoms with Crippen molar-refractivity contribution < 1.29 is 19.4 Å². The first-order chi connectivity index (χ1) is 5.66. The van der Waals surface area contributed by atoms with Crippen molar-refractivity contribution >= 4 is 11.9 Å². The molecule has 0 amide bonds. The van der Waals surface area contributed by atoms with Crippen LogP contribution in [0.3, 0.4) is 0 Å². The number of rotatable bonds is 5. The zero-order chi connectivity index (χ0) is 9.40. The third-order valence-electron chi connectivity index (χ3n) is 0.978. The van der Waals surface area contributed by atoms with Gasteiger partial charge in [0.25, 0.3) is 0 Å². The maximum absolute atomic E-state index is 10.6. The molecule has 1 N–H and O–H groups in total. The second kappa shape index (κ2) is 6.15. The quantitative estimate of drug-likeness (QED) is 0.381. The molecule has 0 aromatic rings. The lowest BCUT2D eigenvalue weighted by Gasteiger charge is -1.89. The lowest BCUT2D eigenvalue weighted by atomic mass is 10.3. The van der Waals surface area contributed by atoms with Crippen molar-refractivity contribution in [3.8, 4) is 0 Å². The van der Waals surface area contributed by atoms with Crippen LogP contribution in [0.1, 0.15) is 12.8 Å². The molecule has 0 atom stereocenters. The Morgan fingerprint density at radius 2 is 2.17 bits per heavy atom. The van der Waals surface area contributed by atoms with E-state index in [1.54, 1.807) is 0 Å². The third kappa shape index (κ3) is 6.54. The van der Waals surface area contributed by atoms with Gasteiger partial charge in [0.1, 0.15) is 0 Å². The Hall–Kier alpha value is -1.58. The van der Waals surface area contributed by atoms with Crippen molar-refractivity contribution in [2.45, 2.75) is 12.8 Å². The van der Waals surface area contributed by atoms with Gasteiger partial charge >= 0.3 is 11.9 Å². The largest absolute Gasteiger partial charge is 0.481 e. The lowest BCUT2D eigenvalue weighted by Crippen LogP contribution is -1.94. The average Bonchev–Trinajstić information content (AvgIpc) is 1.98. The molecule has 0 saturated carbocycles. The van der Waals surface area contributed by atoms with Crippen molar-refractivity contribution in [3.63, 3.8) is 0 Å². The Balaban J connectivity index is 3.54. The SMILES string of the molecule is C=COC(=O)C=CCCC(=O)O. The zero-order valence-corrected chi connectivity index (χ0v) is 6.53. The van der Waals surface area contributed by atoms with Crippen molar-refractivity contribution in [2.75, 3.05) is 0 Å². The van der Waals surface area contributed by atoms with Gasteiger partial charge in [-0.2, -0.15) is 0 Å². The van der Waals surface area contributed by atoms with Gasteiger partial charge in [-0.15, -0.1) is 0 Å². The summed E-state index contributed by atoms with van der Waals surface area (Å²) in [7, 11) is 0. The van der Waals surface area contributed by atoms with E-state index >= 15 is 0 Å². The van der Waals surface area contributed by atoms with Crippen LogP contribution in [0, 0.1) is 0 Å². The summed E-state index contributed by atoms with van der Waals surface area (Å²) in [5, 5.41) is 8.22. The van der Waals surface area contributed by atoms with Gasteiger partial charge in [-0.1, -0.05) is 12.7 Å². The normalized spacial score (nSPS) is 9.67. The summed E-state index contributed by atoms with van der Waals surface area (Å²) in [6, 6.07) is 0. The van der Waals surface area contributed by atoms with Crippen LogP contribution in [-0.2, 0) is 14.3 Å². The fraction of sp³-hybridized carbons (Fsp3) is 0.250. The molecule has 0 aromatic heterocycles. The summed E-state index contributed by atoms with van der Waals surface area (Å²) in [5.41, 5.74) is 0. The maximum Gasteiger partial charge on any atom is 0.335 e. The first kappa shape index (κ1) is 10.4. The van der Waals surface area contributed by atoms with E-state index in [1.165, 1.54) is 12.2 Å². The van der Waals surface area contributed by atoms with Gasteiger partial charge in [0.15, 0.2) is 0 Å². The molecule has 0 rings (SSSR count). The topological polar surface area (TPSA) is 63.6 Å². The highest BCUT2D eigenvalue weighted by Crippen LogP contribution is 1.91. The Morgan fingerprint density at radius 1 is 1.50 bits per heavy atom. The fourth-order valence-electron chi connectivity index (χ4n) is 0.508. The molecule has 0 fully saturated rings. The number of carboxylic acids is 1. The van der Waals surface area contributed by atoms with Gasteiger partial charge in [-0.05, 0) is 6.42 Å². The van der Waals surface area contributed by atoms with Gasteiger partial charge < -0.3 is 9.84 Å². The number of ether oxygens (including phenoxy) is 1. The molecular weight excluding hydrogens is 160 g/mol. The molecule has 66 valence electrons. The molecule has 0 aliphatic carbocycles. The predicted molar refractivity (Wildman–Crippen MR) is 42.3 cm³/mol. The van der Waals surface area contributed by atoms with Gasteiger partial charge in [0, 0.05) is 12.5 Å². The lowest BCUT2D eigenvalue weighted by molar-refractivity contribution is -0.137. The predicted octanol–water partition coefficient (Wildman–Crippen LogP) is 1.09. The highest BCUT2D eigenvalue weighted by atomic mass is 16.5. The van der Waals surface area contributed by atoms with Crippen LogP contribution in [0.2, 0.25) is 0 Å². The molecule has 4 heteroatoms. The first-order valence-corrected chi connectivity index (χ1v) is 3.36. The summed E-state index contributed by atoms with van der Waals surface area (Å²) in [4.78, 5) is 20.6. The van der Waals surface area contributed by atoms with Crippen molar-refractivity contribution in [1.82, 2.24) is 0 Å². The smallest absolute Gasteiger partial charge is 0.335 e. The first-order valence-electron chi connectivity index (χ1n) is 3.36. The molecule has 4 nitrogen and oxygen atoms in total. The molecule has 0 saturated heterocycles. The molecule has 12 heavy (non-hydrogen) atoms. The standard InChI is InChI=1S/C8H10O4/c1-2-12-8(11)6-4-3-5-7(9)10/h2,4,6H,1,3,5H2,(H,9,10). The molecule has 0 bridgehead atoms. The number of carboxylic acid groups (broad SMARTS) is 1. The van der Waals surface area contributed by atoms with Crippen molar-refractivity contribution in [2.24, 2.45) is 0 Å². The van der Waals surface area contributed by atoms with Gasteiger partial charge in [0.2, 0.25) is 0 Å². The summed E-state index contributed by atoms with van der Waals surface area (Å²) in [6.07, 6.45) is 3.97. The number of carbonyl (C=O) groups is 2. The summed E-state index contributed by atoms with van der Waals surface area (Å²) < 4.78 is 4.34. The third-order valence-corrected chi connectivity index (χ3v) is 0.978. The molecule has 0 radical (unpaired) electrons. The van der Waals surface area contributed by atoms with E-state index in [0.717, 1.165) is 6.26 Å². The Bertz CT molecular complexity index is 205. The van der Waals surface area contributed by atoms with E-state index in [9.17, 15) is 9.59 Å². The molecule has 0 unspecified atom stereocenters. The second-order valence-electron chi connectivity index (χ2n) is 1.94. The van der Waals surface area contributed by atoms with Crippen LogP contribution in [0.4, 0.5) is 0 Å². The summed E-state index contributed by atoms with van der Waals surface area (Å²) in [5.74, 6) is -1.44. The zero-order valence-electron chi connectivity index (χ0n) is 6.53. The number of carbonyl (C=O) groups excluding carboxylic acids is 1. The van der Waals surface area contributed by atoms with Crippen molar-refractivity contribution in [3.05, 3.63) is 25.0 Å². The highest BCUT2D eigenvalue weighted by molar-refractivity contribution is 5.82. The fourth-order valence-corrected chi connectivity index (χ4v) is 0.508. The van der Waals surface area contributed by atoms with E-state index in [-0.39, 0.29) is 6.42 Å². The van der Waals surface area contributed by atoms with Crippen LogP contribution in [-0.4, -0.2) is 17.0 Å². The van der Waals surface area contributed by atoms with Crippen LogP contribution in [0.25, 0.3) is 0 Å². The second-order valence-corrected chi connectivity index (χ2v) is 1.94. The minimum Gasteiger partial charge on any atom is -0.481 e. The number of hydrogen-bond donors (Lipinski definition) is 1. The molecule has 0 heterocycles. The van der Waals surface area contributed by atoms with Gasteiger partial charge in [0.05, 0.1) is 6.26 Å². The minimum atomic E-state index is -0.892. The summed E-state index contributed by atoms with van der Waals surface area (Å²) >= 11 is 0. The van der Waals surface area contributed by atoms with Crippen molar-refractivity contribution in [1.29, 1.82) is 0 Å². The number of hydrogen-bond acceptors (Lipinski definition) is 3. The highest BCUT2D eigenvalue weighted by Gasteiger charge is 1.94. The van der Waals surface area contributed by atoms with Crippen LogP contribution >= 0.6 is 0 Å². The Morgan fingerprint density at radius 3 is 2.67 bits per heavy atom. The Labute approximate surface area is 70.1 Å². The van der Waals surface area contributed by atoms with E-state index in [0.29, 0.717) is 6.42 Å². The molecule has 0 aliphatic rings. The van der Waals surface area contributed by atoms with E-state index in [2.05, 4.69) is 11.3 Å². The molecule has 0 aliphatic heterocycles. The van der Waals surface area contributed by atoms with Gasteiger partial charge in [-0.25, -0.2) is 4.79 Å². The van der Waals surface area contributed by atoms with E-state index in [1.807, 2.05) is 0 Å². The number of esters is 1. The maximum atomic E-state index is 10.6. The molecular formula is C8H10O4. The minimum absolute atomic E-state index is 0.0118. The van der Waals surface area contributed by atoms with E-state index < -0.39 is 11.9 Å². The van der Waals surface area contributed by atoms with E-state index in [4.69, 9.17) is 5.11 Å². The number of allylic oxidation sites excluding steroid dienone is 1. The van der Waals surface area contributed by atoms with Crippen LogP contribution in [0.15, 0.2) is 25.0 Å². The van der Waals surface area contributed by atoms with Crippen LogP contribution in [0.5, 0.6) is 0 Å². The van der Waals surface area contributed by atoms with Crippen LogP contribution < -0.4 is 0 Å².